The van der Waals surface area contributed by atoms with Crippen LogP contribution in [0.2, 0.25) is 0 Å². The molecule has 2 heterocycles. The van der Waals surface area contributed by atoms with Crippen molar-refractivity contribution >= 4 is 11.6 Å². The summed E-state index contributed by atoms with van der Waals surface area (Å²) in [5.41, 5.74) is 4.62. The molecular weight excluding hydrogens is 318 g/mol. The second-order valence-electron chi connectivity index (χ2n) is 6.52. The summed E-state index contributed by atoms with van der Waals surface area (Å²) in [5, 5.41) is 7.34. The third-order valence-corrected chi connectivity index (χ3v) is 4.57. The summed E-state index contributed by atoms with van der Waals surface area (Å²) in [6.45, 7) is 8.40. The largest absolute Gasteiger partial charge is 0.492 e. The monoisotopic (exact) mass is 343 g/mol. The summed E-state index contributed by atoms with van der Waals surface area (Å²) in [6, 6.07) is 3.84. The fourth-order valence-electron chi connectivity index (χ4n) is 3.24. The van der Waals surface area contributed by atoms with Crippen molar-refractivity contribution in [2.24, 2.45) is 7.05 Å². The molecule has 0 fully saturated rings. The molecule has 0 saturated heterocycles. The molecule has 1 unspecified atom stereocenters. The van der Waals surface area contributed by atoms with Gasteiger partial charge in [0.15, 0.2) is 0 Å². The standard InChI is InChI=1S/C19H25N3O3/c1-6-24-18-8-14-7-11(2)25-17(14)10-16(18)20-19(23)9-15-12(3)21-22(5)13(15)4/h8,10-11H,6-7,9H2,1-5H3,(H,20,23). The number of anilines is 1. The van der Waals surface area contributed by atoms with Gasteiger partial charge in [0.2, 0.25) is 5.91 Å². The molecule has 0 aliphatic carbocycles. The Morgan fingerprint density at radius 2 is 2.20 bits per heavy atom. The van der Waals surface area contributed by atoms with E-state index in [0.717, 1.165) is 34.7 Å². The van der Waals surface area contributed by atoms with Crippen LogP contribution >= 0.6 is 0 Å². The molecule has 134 valence electrons. The molecule has 1 aromatic carbocycles. The van der Waals surface area contributed by atoms with Crippen LogP contribution in [0.25, 0.3) is 0 Å². The van der Waals surface area contributed by atoms with Crippen molar-refractivity contribution in [2.75, 3.05) is 11.9 Å². The average Bonchev–Trinajstić information content (AvgIpc) is 3.01. The van der Waals surface area contributed by atoms with Gasteiger partial charge < -0.3 is 14.8 Å². The lowest BCUT2D eigenvalue weighted by molar-refractivity contribution is -0.115. The highest BCUT2D eigenvalue weighted by molar-refractivity contribution is 5.94. The molecule has 25 heavy (non-hydrogen) atoms. The van der Waals surface area contributed by atoms with E-state index in [1.54, 1.807) is 4.68 Å². The predicted molar refractivity (Wildman–Crippen MR) is 96.4 cm³/mol. The molecule has 0 saturated carbocycles. The van der Waals surface area contributed by atoms with Gasteiger partial charge in [0.05, 0.1) is 24.4 Å². The van der Waals surface area contributed by atoms with Gasteiger partial charge in [-0.2, -0.15) is 5.10 Å². The topological polar surface area (TPSA) is 65.4 Å². The van der Waals surface area contributed by atoms with Crippen LogP contribution in [-0.4, -0.2) is 28.4 Å². The van der Waals surface area contributed by atoms with Crippen LogP contribution in [0.4, 0.5) is 5.69 Å². The number of hydrogen-bond acceptors (Lipinski definition) is 4. The highest BCUT2D eigenvalue weighted by atomic mass is 16.5. The van der Waals surface area contributed by atoms with Gasteiger partial charge in [-0.25, -0.2) is 0 Å². The first-order valence-corrected chi connectivity index (χ1v) is 8.64. The van der Waals surface area contributed by atoms with Gasteiger partial charge in [-0.15, -0.1) is 0 Å². The molecule has 1 N–H and O–H groups in total. The van der Waals surface area contributed by atoms with Crippen molar-refractivity contribution < 1.29 is 14.3 Å². The van der Waals surface area contributed by atoms with Crippen LogP contribution < -0.4 is 14.8 Å². The molecule has 1 aromatic heterocycles. The molecule has 0 spiro atoms. The molecule has 3 rings (SSSR count). The van der Waals surface area contributed by atoms with E-state index < -0.39 is 0 Å². The van der Waals surface area contributed by atoms with Gasteiger partial charge in [0, 0.05) is 36.4 Å². The normalized spacial score (nSPS) is 15.6. The summed E-state index contributed by atoms with van der Waals surface area (Å²) in [5.74, 6) is 1.41. The number of amides is 1. The highest BCUT2D eigenvalue weighted by Gasteiger charge is 2.23. The third kappa shape index (κ3) is 3.48. The Labute approximate surface area is 148 Å². The third-order valence-electron chi connectivity index (χ3n) is 4.57. The highest BCUT2D eigenvalue weighted by Crippen LogP contribution is 2.38. The van der Waals surface area contributed by atoms with E-state index in [1.807, 2.05) is 46.9 Å². The van der Waals surface area contributed by atoms with E-state index >= 15 is 0 Å². The Kier molecular flexibility index (Phi) is 4.70. The fraction of sp³-hybridized carbons (Fsp3) is 0.474. The Bertz CT molecular complexity index is 811. The molecule has 1 amide bonds. The van der Waals surface area contributed by atoms with Gasteiger partial charge in [-0.1, -0.05) is 0 Å². The minimum Gasteiger partial charge on any atom is -0.492 e. The molecule has 6 heteroatoms. The molecule has 0 radical (unpaired) electrons. The number of rotatable bonds is 5. The lowest BCUT2D eigenvalue weighted by Gasteiger charge is -2.13. The van der Waals surface area contributed by atoms with Crippen molar-refractivity contribution in [1.29, 1.82) is 0 Å². The van der Waals surface area contributed by atoms with Gasteiger partial charge in [-0.05, 0) is 33.8 Å². The van der Waals surface area contributed by atoms with Crippen molar-refractivity contribution in [3.05, 3.63) is 34.6 Å². The maximum absolute atomic E-state index is 12.6. The summed E-state index contributed by atoms with van der Waals surface area (Å²) in [7, 11) is 1.88. The number of aryl methyl sites for hydroxylation is 2. The van der Waals surface area contributed by atoms with Crippen LogP contribution in [0.5, 0.6) is 11.5 Å². The van der Waals surface area contributed by atoms with Gasteiger partial charge in [0.1, 0.15) is 17.6 Å². The molecular formula is C19H25N3O3. The maximum atomic E-state index is 12.6. The Morgan fingerprint density at radius 3 is 2.84 bits per heavy atom. The zero-order valence-electron chi connectivity index (χ0n) is 15.5. The number of hydrogen-bond donors (Lipinski definition) is 1. The van der Waals surface area contributed by atoms with Crippen LogP contribution in [0, 0.1) is 13.8 Å². The van der Waals surface area contributed by atoms with Crippen LogP contribution in [0.15, 0.2) is 12.1 Å². The Balaban J connectivity index is 1.82. The van der Waals surface area contributed by atoms with E-state index in [1.165, 1.54) is 0 Å². The number of nitrogens with zero attached hydrogens (tertiary/aromatic N) is 2. The molecule has 6 nitrogen and oxygen atoms in total. The predicted octanol–water partition coefficient (Wildman–Crippen LogP) is 2.94. The molecule has 2 aromatic rings. The minimum atomic E-state index is -0.0915. The lowest BCUT2D eigenvalue weighted by atomic mass is 10.1. The smallest absolute Gasteiger partial charge is 0.229 e. The van der Waals surface area contributed by atoms with Crippen molar-refractivity contribution in [3.63, 3.8) is 0 Å². The Morgan fingerprint density at radius 1 is 1.44 bits per heavy atom. The molecule has 1 atom stereocenters. The minimum absolute atomic E-state index is 0.0915. The summed E-state index contributed by atoms with van der Waals surface area (Å²) >= 11 is 0. The summed E-state index contributed by atoms with van der Waals surface area (Å²) < 4.78 is 13.3. The second kappa shape index (κ2) is 6.78. The van der Waals surface area contributed by atoms with Crippen LogP contribution in [0.1, 0.15) is 36.4 Å². The second-order valence-corrected chi connectivity index (χ2v) is 6.52. The molecule has 1 aliphatic heterocycles. The summed E-state index contributed by atoms with van der Waals surface area (Å²) in [6.07, 6.45) is 1.29. The molecule has 0 bridgehead atoms. The SMILES string of the molecule is CCOc1cc2c(cc1NC(=O)Cc1c(C)nn(C)c1C)OC(C)C2. The quantitative estimate of drug-likeness (QED) is 0.906. The first-order valence-electron chi connectivity index (χ1n) is 8.64. The number of ether oxygens (including phenoxy) is 2. The molecule has 1 aliphatic rings. The summed E-state index contributed by atoms with van der Waals surface area (Å²) in [4.78, 5) is 12.6. The lowest BCUT2D eigenvalue weighted by Crippen LogP contribution is -2.16. The number of carbonyl (C=O) groups excluding carboxylic acids is 1. The van der Waals surface area contributed by atoms with Crippen LogP contribution in [-0.2, 0) is 24.7 Å². The van der Waals surface area contributed by atoms with Gasteiger partial charge in [0.25, 0.3) is 0 Å². The van der Waals surface area contributed by atoms with E-state index in [9.17, 15) is 4.79 Å². The van der Waals surface area contributed by atoms with Crippen molar-refractivity contribution in [1.82, 2.24) is 9.78 Å². The number of aromatic nitrogens is 2. The number of nitrogens with one attached hydrogen (secondary N) is 1. The first-order chi connectivity index (χ1) is 11.9. The van der Waals surface area contributed by atoms with Crippen LogP contribution in [0.3, 0.4) is 0 Å². The maximum Gasteiger partial charge on any atom is 0.229 e. The average molecular weight is 343 g/mol. The van der Waals surface area contributed by atoms with E-state index in [-0.39, 0.29) is 18.4 Å². The number of carbonyl (C=O) groups is 1. The van der Waals surface area contributed by atoms with Crippen molar-refractivity contribution in [2.45, 2.75) is 46.6 Å². The number of fused-ring (bicyclic) bond motifs is 1. The van der Waals surface area contributed by atoms with E-state index in [0.29, 0.717) is 18.0 Å². The fourth-order valence-corrected chi connectivity index (χ4v) is 3.24. The van der Waals surface area contributed by atoms with Gasteiger partial charge in [-0.3, -0.25) is 9.48 Å². The van der Waals surface area contributed by atoms with E-state index in [4.69, 9.17) is 9.47 Å². The zero-order valence-corrected chi connectivity index (χ0v) is 15.5. The number of benzene rings is 1. The first kappa shape index (κ1) is 17.3. The Hall–Kier alpha value is -2.50. The van der Waals surface area contributed by atoms with E-state index in [2.05, 4.69) is 10.4 Å². The van der Waals surface area contributed by atoms with Crippen molar-refractivity contribution in [3.8, 4) is 11.5 Å². The van der Waals surface area contributed by atoms with Gasteiger partial charge >= 0.3 is 0 Å². The zero-order chi connectivity index (χ0) is 18.1.